The van der Waals surface area contributed by atoms with E-state index in [1.54, 1.807) is 54.5 Å². The Morgan fingerprint density at radius 3 is 1.79 bits per heavy atom. The van der Waals surface area contributed by atoms with Gasteiger partial charge in [0, 0.05) is 12.8 Å². The Hall–Kier alpha value is -2.94. The zero-order chi connectivity index (χ0) is 26.2. The third kappa shape index (κ3) is 8.44. The third-order valence-electron chi connectivity index (χ3n) is 4.92. The van der Waals surface area contributed by atoms with Crippen LogP contribution in [0.5, 0.6) is 11.5 Å². The van der Waals surface area contributed by atoms with E-state index in [1.165, 1.54) is 19.2 Å². The summed E-state index contributed by atoms with van der Waals surface area (Å²) in [5, 5.41) is 0. The molecule has 0 fully saturated rings. The van der Waals surface area contributed by atoms with Crippen molar-refractivity contribution in [2.24, 2.45) is 23.5 Å². The molecule has 0 saturated carbocycles. The zero-order valence-electron chi connectivity index (χ0n) is 21.3. The first-order chi connectivity index (χ1) is 15.7. The van der Waals surface area contributed by atoms with Crippen LogP contribution in [0.3, 0.4) is 0 Å². The van der Waals surface area contributed by atoms with Crippen molar-refractivity contribution in [3.05, 3.63) is 23.8 Å². The van der Waals surface area contributed by atoms with E-state index < -0.39 is 41.4 Å². The lowest BCUT2D eigenvalue weighted by Crippen LogP contribution is -2.53. The Morgan fingerprint density at radius 1 is 0.824 bits per heavy atom. The quantitative estimate of drug-likeness (QED) is 0.375. The van der Waals surface area contributed by atoms with Crippen molar-refractivity contribution < 1.29 is 38.1 Å². The van der Waals surface area contributed by atoms with Crippen molar-refractivity contribution in [2.45, 2.75) is 73.0 Å². The Kier molecular flexibility index (Phi) is 10.7. The van der Waals surface area contributed by atoms with E-state index in [9.17, 15) is 19.2 Å². The van der Waals surface area contributed by atoms with Gasteiger partial charge in [-0.1, -0.05) is 47.6 Å². The fourth-order valence-corrected chi connectivity index (χ4v) is 2.96. The maximum atomic E-state index is 12.6. The maximum absolute atomic E-state index is 12.6. The first-order valence-electron chi connectivity index (χ1n) is 11.3. The molecule has 1 unspecified atom stereocenters. The van der Waals surface area contributed by atoms with Crippen LogP contribution < -0.4 is 15.2 Å². The molecular weight excluding hydrogens is 442 g/mol. The van der Waals surface area contributed by atoms with Gasteiger partial charge < -0.3 is 24.7 Å². The summed E-state index contributed by atoms with van der Waals surface area (Å²) in [5.41, 5.74) is 5.44. The number of methoxy groups -OCH3 is 1. The minimum absolute atomic E-state index is 0.00331. The molecule has 1 rings (SSSR count). The molecule has 0 aliphatic carbocycles. The second-order valence-electron chi connectivity index (χ2n) is 9.36. The number of carbonyl (C=O) groups is 4. The first kappa shape index (κ1) is 29.1. The summed E-state index contributed by atoms with van der Waals surface area (Å²) < 4.78 is 21.1. The van der Waals surface area contributed by atoms with Crippen molar-refractivity contribution in [2.75, 3.05) is 7.11 Å². The zero-order valence-corrected chi connectivity index (χ0v) is 21.3. The van der Waals surface area contributed by atoms with Crippen LogP contribution in [0.15, 0.2) is 18.2 Å². The number of benzene rings is 1. The predicted octanol–water partition coefficient (Wildman–Crippen LogP) is 3.20. The number of nitrogens with two attached hydrogens (primary N) is 1. The van der Waals surface area contributed by atoms with Gasteiger partial charge in [0.2, 0.25) is 0 Å². The molecular formula is C25H37NO8. The molecule has 0 radical (unpaired) electrons. The number of hydrogen-bond donors (Lipinski definition) is 1. The highest BCUT2D eigenvalue weighted by atomic mass is 16.6. The molecule has 0 aromatic heterocycles. The van der Waals surface area contributed by atoms with Crippen LogP contribution in [0.2, 0.25) is 0 Å². The standard InChI is InChI=1S/C25H37NO8/c1-14(2)21(27)32-17(7)12-25(26,24(30)31-8)13-18-9-10-19(33-22(28)15(3)4)20(11-18)34-23(29)16(5)6/h9-11,14-17H,12-13,26H2,1-8H3/t17-,25?/m0/s1. The van der Waals surface area contributed by atoms with Crippen molar-refractivity contribution in [3.63, 3.8) is 0 Å². The van der Waals surface area contributed by atoms with E-state index in [0.29, 0.717) is 5.56 Å². The largest absolute Gasteiger partial charge is 0.468 e. The van der Waals surface area contributed by atoms with E-state index in [1.807, 2.05) is 0 Å². The molecule has 2 N–H and O–H groups in total. The van der Waals surface area contributed by atoms with Crippen LogP contribution in [0.1, 0.15) is 60.5 Å². The van der Waals surface area contributed by atoms with Gasteiger partial charge in [0.1, 0.15) is 11.6 Å². The number of esters is 4. The van der Waals surface area contributed by atoms with Crippen LogP contribution in [0.4, 0.5) is 0 Å². The second kappa shape index (κ2) is 12.5. The van der Waals surface area contributed by atoms with Gasteiger partial charge in [-0.25, -0.2) is 0 Å². The Balaban J connectivity index is 3.28. The molecule has 9 heteroatoms. The van der Waals surface area contributed by atoms with Crippen LogP contribution in [-0.2, 0) is 35.1 Å². The molecule has 0 amide bonds. The summed E-state index contributed by atoms with van der Waals surface area (Å²) >= 11 is 0. The van der Waals surface area contributed by atoms with Gasteiger partial charge in [-0.15, -0.1) is 0 Å². The van der Waals surface area contributed by atoms with Crippen molar-refractivity contribution in [1.29, 1.82) is 0 Å². The van der Waals surface area contributed by atoms with Crippen LogP contribution in [0, 0.1) is 17.8 Å². The molecule has 0 aliphatic rings. The van der Waals surface area contributed by atoms with Gasteiger partial charge in [-0.2, -0.15) is 0 Å². The van der Waals surface area contributed by atoms with Crippen molar-refractivity contribution >= 4 is 23.9 Å². The second-order valence-corrected chi connectivity index (χ2v) is 9.36. The number of hydrogen-bond acceptors (Lipinski definition) is 9. The van der Waals surface area contributed by atoms with E-state index in [0.717, 1.165) is 0 Å². The average molecular weight is 480 g/mol. The predicted molar refractivity (Wildman–Crippen MR) is 125 cm³/mol. The monoisotopic (exact) mass is 479 g/mol. The highest BCUT2D eigenvalue weighted by Gasteiger charge is 2.38. The van der Waals surface area contributed by atoms with Gasteiger partial charge in [0.25, 0.3) is 0 Å². The Morgan fingerprint density at radius 2 is 1.32 bits per heavy atom. The van der Waals surface area contributed by atoms with Crippen molar-refractivity contribution in [1.82, 2.24) is 0 Å². The number of carbonyl (C=O) groups excluding carboxylic acids is 4. The topological polar surface area (TPSA) is 131 Å². The Bertz CT molecular complexity index is 893. The molecule has 0 aliphatic heterocycles. The molecule has 0 heterocycles. The summed E-state index contributed by atoms with van der Waals surface area (Å²) in [4.78, 5) is 48.9. The minimum Gasteiger partial charge on any atom is -0.468 e. The molecule has 190 valence electrons. The normalized spacial score (nSPS) is 13.9. The number of rotatable bonds is 11. The van der Waals surface area contributed by atoms with E-state index in [-0.39, 0.29) is 36.2 Å². The van der Waals surface area contributed by atoms with E-state index >= 15 is 0 Å². The molecule has 0 bridgehead atoms. The fraction of sp³-hybridized carbons (Fsp3) is 0.600. The van der Waals surface area contributed by atoms with Crippen LogP contribution in [-0.4, -0.2) is 42.6 Å². The van der Waals surface area contributed by atoms with Gasteiger partial charge in [-0.3, -0.25) is 19.2 Å². The molecule has 2 atom stereocenters. The number of ether oxygens (including phenoxy) is 4. The SMILES string of the molecule is COC(=O)C(N)(Cc1ccc(OC(=O)C(C)C)c(OC(=O)C(C)C)c1)C[C@H](C)OC(=O)C(C)C. The summed E-state index contributed by atoms with van der Waals surface area (Å²) in [6, 6.07) is 4.60. The molecule has 0 saturated heterocycles. The molecule has 1 aromatic rings. The lowest BCUT2D eigenvalue weighted by atomic mass is 9.86. The molecule has 9 nitrogen and oxygen atoms in total. The summed E-state index contributed by atoms with van der Waals surface area (Å²) in [6.07, 6.45) is -0.652. The highest BCUT2D eigenvalue weighted by molar-refractivity contribution is 5.81. The van der Waals surface area contributed by atoms with E-state index in [2.05, 4.69) is 0 Å². The van der Waals surface area contributed by atoms with E-state index in [4.69, 9.17) is 24.7 Å². The summed E-state index contributed by atoms with van der Waals surface area (Å²) in [6.45, 7) is 11.8. The molecule has 34 heavy (non-hydrogen) atoms. The fourth-order valence-electron chi connectivity index (χ4n) is 2.96. The third-order valence-corrected chi connectivity index (χ3v) is 4.92. The maximum Gasteiger partial charge on any atom is 0.326 e. The smallest absolute Gasteiger partial charge is 0.326 e. The molecule has 0 spiro atoms. The van der Waals surface area contributed by atoms with Crippen molar-refractivity contribution in [3.8, 4) is 11.5 Å². The molecule has 1 aromatic carbocycles. The average Bonchev–Trinajstić information content (AvgIpc) is 2.74. The van der Waals surface area contributed by atoms with Gasteiger partial charge in [0.05, 0.1) is 24.9 Å². The van der Waals surface area contributed by atoms with Gasteiger partial charge in [-0.05, 0) is 24.6 Å². The highest BCUT2D eigenvalue weighted by Crippen LogP contribution is 2.32. The minimum atomic E-state index is -1.53. The summed E-state index contributed by atoms with van der Waals surface area (Å²) in [7, 11) is 1.22. The van der Waals surface area contributed by atoms with Crippen LogP contribution >= 0.6 is 0 Å². The summed E-state index contributed by atoms with van der Waals surface area (Å²) in [5.74, 6) is -3.11. The first-order valence-corrected chi connectivity index (χ1v) is 11.3. The van der Waals surface area contributed by atoms with Gasteiger partial charge in [0.15, 0.2) is 11.5 Å². The lowest BCUT2D eigenvalue weighted by molar-refractivity contribution is -0.157. The van der Waals surface area contributed by atoms with Crippen LogP contribution in [0.25, 0.3) is 0 Å². The lowest BCUT2D eigenvalue weighted by Gasteiger charge is -2.30. The Labute approximate surface area is 201 Å². The van der Waals surface area contributed by atoms with Gasteiger partial charge >= 0.3 is 23.9 Å².